The number of nitrogens with zero attached hydrogens (tertiary/aromatic N) is 4. The molecule has 3 heterocycles. The Morgan fingerprint density at radius 1 is 1.28 bits per heavy atom. The largest absolute Gasteiger partial charge is 0.376 e. The van der Waals surface area contributed by atoms with Gasteiger partial charge in [0, 0.05) is 12.8 Å². The lowest BCUT2D eigenvalue weighted by atomic mass is 9.94. The van der Waals surface area contributed by atoms with Crippen molar-refractivity contribution in [3.8, 4) is 0 Å². The Kier molecular flexibility index (Phi) is 5.80. The Labute approximate surface area is 152 Å². The van der Waals surface area contributed by atoms with Crippen molar-refractivity contribution in [2.75, 3.05) is 17.2 Å². The molecule has 2 N–H and O–H groups in total. The predicted molar refractivity (Wildman–Crippen MR) is 99.9 cm³/mol. The number of ether oxygens (including phenoxy) is 1. The van der Waals surface area contributed by atoms with Crippen LogP contribution in [-0.2, 0) is 4.74 Å². The van der Waals surface area contributed by atoms with Gasteiger partial charge in [-0.25, -0.2) is 4.98 Å². The molecule has 8 heteroatoms. The minimum Gasteiger partial charge on any atom is -0.376 e. The van der Waals surface area contributed by atoms with E-state index in [0.717, 1.165) is 35.3 Å². The van der Waals surface area contributed by atoms with E-state index in [-0.39, 0.29) is 18.2 Å². The van der Waals surface area contributed by atoms with Gasteiger partial charge < -0.3 is 15.4 Å². The second-order valence-corrected chi connectivity index (χ2v) is 7.98. The summed E-state index contributed by atoms with van der Waals surface area (Å²) in [4.78, 5) is 8.92. The van der Waals surface area contributed by atoms with Gasteiger partial charge in [-0.05, 0) is 38.7 Å². The highest BCUT2D eigenvalue weighted by atomic mass is 32.1. The zero-order chi connectivity index (χ0) is 17.8. The van der Waals surface area contributed by atoms with E-state index in [4.69, 9.17) is 4.74 Å². The fraction of sp³-hybridized carbons (Fsp3) is 0.647. The first-order chi connectivity index (χ1) is 12.0. The molecule has 1 saturated heterocycles. The Morgan fingerprint density at radius 3 is 2.84 bits per heavy atom. The summed E-state index contributed by atoms with van der Waals surface area (Å²) in [5.74, 6) is 1.88. The minimum atomic E-state index is 0.0166. The normalized spacial score (nSPS) is 22.0. The molecule has 1 fully saturated rings. The number of aryl methyl sites for hydroxylation is 1. The van der Waals surface area contributed by atoms with Gasteiger partial charge in [0.1, 0.15) is 15.8 Å². The molecule has 25 heavy (non-hydrogen) atoms. The van der Waals surface area contributed by atoms with Crippen molar-refractivity contribution < 1.29 is 4.74 Å². The van der Waals surface area contributed by atoms with Gasteiger partial charge in [0.25, 0.3) is 0 Å². The first-order valence-corrected chi connectivity index (χ1v) is 9.62. The standard InChI is InChI=1S/C17H26N6OS/c1-10(2)15-13(6-5-9-24-15)20-14-7-8-18-17(21-14)19-11(3)16-23-22-12(4)25-16/h7-8,10-11,13,15H,5-6,9H2,1-4H3,(H2,18,19,20,21)/t11-,13-,15-/m0/s1. The third-order valence-electron chi connectivity index (χ3n) is 4.27. The van der Waals surface area contributed by atoms with Crippen LogP contribution in [0.1, 0.15) is 49.7 Å². The number of rotatable bonds is 6. The Morgan fingerprint density at radius 2 is 2.12 bits per heavy atom. The molecule has 136 valence electrons. The fourth-order valence-corrected chi connectivity index (χ4v) is 3.76. The molecule has 3 rings (SSSR count). The van der Waals surface area contributed by atoms with Gasteiger partial charge in [0.2, 0.25) is 5.95 Å². The van der Waals surface area contributed by atoms with Gasteiger partial charge in [-0.2, -0.15) is 4.98 Å². The molecular weight excluding hydrogens is 336 g/mol. The number of hydrogen-bond acceptors (Lipinski definition) is 8. The molecular formula is C17H26N6OS. The Hall–Kier alpha value is -1.80. The predicted octanol–water partition coefficient (Wildman–Crippen LogP) is 3.43. The summed E-state index contributed by atoms with van der Waals surface area (Å²) in [6.07, 6.45) is 4.15. The second-order valence-electron chi connectivity index (χ2n) is 6.76. The Balaban J connectivity index is 1.66. The molecule has 2 aromatic heterocycles. The average Bonchev–Trinajstić information content (AvgIpc) is 3.02. The summed E-state index contributed by atoms with van der Waals surface area (Å²) in [6.45, 7) is 9.22. The molecule has 0 saturated carbocycles. The lowest BCUT2D eigenvalue weighted by molar-refractivity contribution is -0.0203. The third-order valence-corrected chi connectivity index (χ3v) is 5.29. The molecule has 0 spiro atoms. The van der Waals surface area contributed by atoms with Gasteiger partial charge in [0.05, 0.1) is 18.2 Å². The van der Waals surface area contributed by atoms with Crippen LogP contribution in [0.25, 0.3) is 0 Å². The fourth-order valence-electron chi connectivity index (χ4n) is 3.06. The van der Waals surface area contributed by atoms with E-state index in [9.17, 15) is 0 Å². The van der Waals surface area contributed by atoms with Crippen molar-refractivity contribution in [2.24, 2.45) is 5.92 Å². The smallest absolute Gasteiger partial charge is 0.225 e. The molecule has 1 aliphatic rings. The van der Waals surface area contributed by atoms with Gasteiger partial charge in [-0.3, -0.25) is 0 Å². The molecule has 0 aromatic carbocycles. The SMILES string of the molecule is Cc1nnc([C@H](C)Nc2nccc(N[C@H]3CCCO[C@H]3C(C)C)n2)s1. The van der Waals surface area contributed by atoms with Gasteiger partial charge in [-0.1, -0.05) is 25.2 Å². The van der Waals surface area contributed by atoms with Crippen LogP contribution in [0.15, 0.2) is 12.3 Å². The maximum atomic E-state index is 5.94. The topological polar surface area (TPSA) is 84.9 Å². The van der Waals surface area contributed by atoms with Crippen molar-refractivity contribution in [3.63, 3.8) is 0 Å². The summed E-state index contributed by atoms with van der Waals surface area (Å²) < 4.78 is 5.94. The molecule has 1 aliphatic heterocycles. The zero-order valence-corrected chi connectivity index (χ0v) is 16.0. The van der Waals surface area contributed by atoms with Crippen molar-refractivity contribution in [1.29, 1.82) is 0 Å². The molecule has 2 aromatic rings. The van der Waals surface area contributed by atoms with Crippen LogP contribution < -0.4 is 10.6 Å². The van der Waals surface area contributed by atoms with Crippen LogP contribution in [0.3, 0.4) is 0 Å². The minimum absolute atomic E-state index is 0.0166. The average molecular weight is 363 g/mol. The summed E-state index contributed by atoms with van der Waals surface area (Å²) in [6, 6.07) is 2.19. The third kappa shape index (κ3) is 4.64. The number of anilines is 2. The van der Waals surface area contributed by atoms with Crippen LogP contribution in [0.5, 0.6) is 0 Å². The second kappa shape index (κ2) is 8.05. The summed E-state index contributed by atoms with van der Waals surface area (Å²) >= 11 is 1.58. The van der Waals surface area contributed by atoms with Gasteiger partial charge in [-0.15, -0.1) is 10.2 Å². The van der Waals surface area contributed by atoms with Crippen molar-refractivity contribution in [2.45, 2.75) is 58.7 Å². The highest BCUT2D eigenvalue weighted by Gasteiger charge is 2.28. The molecule has 0 amide bonds. The number of aromatic nitrogens is 4. The van der Waals surface area contributed by atoms with E-state index in [2.05, 4.69) is 44.6 Å². The molecule has 0 radical (unpaired) electrons. The molecule has 0 bridgehead atoms. The summed E-state index contributed by atoms with van der Waals surface area (Å²) in [5.41, 5.74) is 0. The number of nitrogens with one attached hydrogen (secondary N) is 2. The van der Waals surface area contributed by atoms with Crippen molar-refractivity contribution >= 4 is 23.1 Å². The van der Waals surface area contributed by atoms with E-state index in [0.29, 0.717) is 11.9 Å². The monoisotopic (exact) mass is 362 g/mol. The highest BCUT2D eigenvalue weighted by Crippen LogP contribution is 2.24. The van der Waals surface area contributed by atoms with E-state index >= 15 is 0 Å². The summed E-state index contributed by atoms with van der Waals surface area (Å²) in [5, 5.41) is 16.9. The quantitative estimate of drug-likeness (QED) is 0.814. The van der Waals surface area contributed by atoms with E-state index < -0.39 is 0 Å². The maximum Gasteiger partial charge on any atom is 0.225 e. The number of hydrogen-bond donors (Lipinski definition) is 2. The van der Waals surface area contributed by atoms with E-state index in [1.54, 1.807) is 17.5 Å². The van der Waals surface area contributed by atoms with Crippen LogP contribution in [0.2, 0.25) is 0 Å². The molecule has 0 unspecified atom stereocenters. The first kappa shape index (κ1) is 18.0. The molecule has 7 nitrogen and oxygen atoms in total. The Bertz CT molecular complexity index is 691. The molecule has 0 aliphatic carbocycles. The van der Waals surface area contributed by atoms with Crippen LogP contribution in [-0.4, -0.2) is 38.9 Å². The van der Waals surface area contributed by atoms with Crippen molar-refractivity contribution in [3.05, 3.63) is 22.3 Å². The molecule has 3 atom stereocenters. The van der Waals surface area contributed by atoms with Crippen LogP contribution in [0.4, 0.5) is 11.8 Å². The highest BCUT2D eigenvalue weighted by molar-refractivity contribution is 7.11. The maximum absolute atomic E-state index is 5.94. The van der Waals surface area contributed by atoms with E-state index in [1.807, 2.05) is 19.9 Å². The van der Waals surface area contributed by atoms with Crippen LogP contribution >= 0.6 is 11.3 Å². The summed E-state index contributed by atoms with van der Waals surface area (Å²) in [7, 11) is 0. The van der Waals surface area contributed by atoms with Gasteiger partial charge in [0.15, 0.2) is 0 Å². The van der Waals surface area contributed by atoms with E-state index in [1.165, 1.54) is 0 Å². The zero-order valence-electron chi connectivity index (χ0n) is 15.2. The van der Waals surface area contributed by atoms with Gasteiger partial charge >= 0.3 is 0 Å². The lowest BCUT2D eigenvalue weighted by Gasteiger charge is -2.35. The van der Waals surface area contributed by atoms with Crippen LogP contribution in [0, 0.1) is 12.8 Å². The first-order valence-electron chi connectivity index (χ1n) is 8.80. The lowest BCUT2D eigenvalue weighted by Crippen LogP contribution is -2.43. The van der Waals surface area contributed by atoms with Crippen molar-refractivity contribution in [1.82, 2.24) is 20.2 Å².